The highest BCUT2D eigenvalue weighted by atomic mass is 35.5. The molecule has 0 aliphatic carbocycles. The van der Waals surface area contributed by atoms with Gasteiger partial charge in [-0.1, -0.05) is 11.6 Å². The van der Waals surface area contributed by atoms with Gasteiger partial charge in [-0.05, 0) is 31.9 Å². The number of nitrogens with zero attached hydrogens (tertiary/aromatic N) is 5. The zero-order chi connectivity index (χ0) is 18.2. The van der Waals surface area contributed by atoms with E-state index in [2.05, 4.69) is 37.0 Å². The third-order valence-electron chi connectivity index (χ3n) is 4.32. The van der Waals surface area contributed by atoms with Gasteiger partial charge in [0.1, 0.15) is 5.82 Å². The van der Waals surface area contributed by atoms with Crippen molar-refractivity contribution in [2.24, 2.45) is 4.99 Å². The van der Waals surface area contributed by atoms with Crippen molar-refractivity contribution in [1.82, 2.24) is 25.2 Å². The van der Waals surface area contributed by atoms with Gasteiger partial charge in [0, 0.05) is 57.4 Å². The van der Waals surface area contributed by atoms with Crippen LogP contribution in [-0.4, -0.2) is 52.7 Å². The van der Waals surface area contributed by atoms with Gasteiger partial charge in [0.15, 0.2) is 5.96 Å². The predicted molar refractivity (Wildman–Crippen MR) is 106 cm³/mol. The van der Waals surface area contributed by atoms with Crippen molar-refractivity contribution in [1.29, 1.82) is 0 Å². The van der Waals surface area contributed by atoms with Gasteiger partial charge in [-0.15, -0.1) is 0 Å². The molecule has 3 heterocycles. The highest BCUT2D eigenvalue weighted by molar-refractivity contribution is 6.32. The molecule has 140 valence electrons. The smallest absolute Gasteiger partial charge is 0.191 e. The molecule has 0 radical (unpaired) electrons. The number of guanidine groups is 1. The van der Waals surface area contributed by atoms with Crippen molar-refractivity contribution >= 4 is 23.4 Å². The summed E-state index contributed by atoms with van der Waals surface area (Å²) in [6.07, 6.45) is 9.41. The molecule has 1 atom stereocenters. The van der Waals surface area contributed by atoms with E-state index in [1.165, 1.54) is 0 Å². The summed E-state index contributed by atoms with van der Waals surface area (Å²) in [5.74, 6) is 1.73. The summed E-state index contributed by atoms with van der Waals surface area (Å²) >= 11 is 6.27. The zero-order valence-corrected chi connectivity index (χ0v) is 15.9. The Labute approximate surface area is 159 Å². The molecule has 1 saturated heterocycles. The van der Waals surface area contributed by atoms with Crippen molar-refractivity contribution in [3.8, 4) is 0 Å². The van der Waals surface area contributed by atoms with Crippen LogP contribution >= 0.6 is 11.6 Å². The second kappa shape index (κ2) is 9.43. The van der Waals surface area contributed by atoms with E-state index in [1.54, 1.807) is 12.4 Å². The first-order valence-electron chi connectivity index (χ1n) is 9.12. The van der Waals surface area contributed by atoms with Crippen LogP contribution in [0.3, 0.4) is 0 Å². The first-order valence-corrected chi connectivity index (χ1v) is 9.50. The van der Waals surface area contributed by atoms with Gasteiger partial charge in [-0.3, -0.25) is 4.99 Å². The fourth-order valence-corrected chi connectivity index (χ4v) is 3.30. The van der Waals surface area contributed by atoms with Crippen molar-refractivity contribution in [3.63, 3.8) is 0 Å². The lowest BCUT2D eigenvalue weighted by molar-refractivity contribution is 0.630. The maximum atomic E-state index is 6.27. The number of aryl methyl sites for hydroxylation is 1. The average molecular weight is 376 g/mol. The van der Waals surface area contributed by atoms with Crippen LogP contribution in [0.15, 0.2) is 42.0 Å². The molecule has 0 amide bonds. The lowest BCUT2D eigenvalue weighted by Crippen LogP contribution is -2.44. The Morgan fingerprint density at radius 3 is 3.12 bits per heavy atom. The maximum Gasteiger partial charge on any atom is 0.191 e. The Kier molecular flexibility index (Phi) is 6.71. The third-order valence-corrected chi connectivity index (χ3v) is 4.61. The second-order valence-electron chi connectivity index (χ2n) is 6.30. The molecule has 1 fully saturated rings. The minimum Gasteiger partial charge on any atom is -0.357 e. The fraction of sp³-hybridized carbons (Fsp3) is 0.500. The number of nitrogens with one attached hydrogen (secondary N) is 2. The monoisotopic (exact) mass is 375 g/mol. The van der Waals surface area contributed by atoms with Gasteiger partial charge in [0.05, 0.1) is 11.3 Å². The van der Waals surface area contributed by atoms with Crippen molar-refractivity contribution in [3.05, 3.63) is 42.1 Å². The Morgan fingerprint density at radius 2 is 2.35 bits per heavy atom. The van der Waals surface area contributed by atoms with E-state index >= 15 is 0 Å². The quantitative estimate of drug-likeness (QED) is 0.441. The summed E-state index contributed by atoms with van der Waals surface area (Å²) < 4.78 is 2.07. The number of aromatic nitrogens is 3. The largest absolute Gasteiger partial charge is 0.357 e. The summed E-state index contributed by atoms with van der Waals surface area (Å²) in [7, 11) is 0. The van der Waals surface area contributed by atoms with E-state index in [1.807, 2.05) is 24.7 Å². The Balaban J connectivity index is 1.50. The first-order chi connectivity index (χ1) is 12.8. The highest BCUT2D eigenvalue weighted by Gasteiger charge is 2.25. The molecule has 1 unspecified atom stereocenters. The van der Waals surface area contributed by atoms with Crippen molar-refractivity contribution in [2.45, 2.75) is 32.4 Å². The second-order valence-corrected chi connectivity index (χ2v) is 6.71. The number of hydrogen-bond donors (Lipinski definition) is 2. The van der Waals surface area contributed by atoms with Crippen LogP contribution in [-0.2, 0) is 6.54 Å². The lowest BCUT2D eigenvalue weighted by Gasteiger charge is -2.20. The molecule has 1 aliphatic heterocycles. The molecular formula is C18H26ClN7. The number of aliphatic imine (C=N–C) groups is 1. The molecule has 2 N–H and O–H groups in total. The van der Waals surface area contributed by atoms with Crippen LogP contribution in [0.1, 0.15) is 19.8 Å². The molecule has 8 heteroatoms. The molecule has 0 saturated carbocycles. The molecule has 26 heavy (non-hydrogen) atoms. The number of hydrogen-bond acceptors (Lipinski definition) is 4. The summed E-state index contributed by atoms with van der Waals surface area (Å²) in [6, 6.07) is 4.08. The maximum absolute atomic E-state index is 6.27. The molecule has 2 aromatic rings. The van der Waals surface area contributed by atoms with Gasteiger partial charge in [0.25, 0.3) is 0 Å². The van der Waals surface area contributed by atoms with Crippen LogP contribution in [0.2, 0.25) is 5.02 Å². The lowest BCUT2D eigenvalue weighted by atomic mass is 10.3. The summed E-state index contributed by atoms with van der Waals surface area (Å²) in [6.45, 7) is 6.44. The molecule has 1 aliphatic rings. The molecule has 0 aromatic carbocycles. The number of anilines is 1. The van der Waals surface area contributed by atoms with E-state index in [4.69, 9.17) is 16.6 Å². The van der Waals surface area contributed by atoms with E-state index in [9.17, 15) is 0 Å². The Bertz CT molecular complexity index is 701. The minimum absolute atomic E-state index is 0.333. The molecular weight excluding hydrogens is 350 g/mol. The molecule has 2 aromatic heterocycles. The number of rotatable bonds is 7. The summed E-state index contributed by atoms with van der Waals surface area (Å²) in [5, 5.41) is 7.57. The van der Waals surface area contributed by atoms with Gasteiger partial charge >= 0.3 is 0 Å². The number of imidazole rings is 1. The Morgan fingerprint density at radius 1 is 1.42 bits per heavy atom. The van der Waals surface area contributed by atoms with Crippen molar-refractivity contribution in [2.75, 3.05) is 31.1 Å². The standard InChI is InChI=1S/C18H26ClN7/c1-2-21-18(23-8-4-10-25-12-9-20-14-25)24-15-6-11-26(13-15)17-16(19)5-3-7-22-17/h3,5,7,9,12,14-15H,2,4,6,8,10-11,13H2,1H3,(H2,21,23,24). The van der Waals surface area contributed by atoms with E-state index in [0.717, 1.165) is 57.3 Å². The van der Waals surface area contributed by atoms with E-state index in [0.29, 0.717) is 11.1 Å². The van der Waals surface area contributed by atoms with Crippen LogP contribution in [0.4, 0.5) is 5.82 Å². The normalized spacial score (nSPS) is 17.5. The molecule has 7 nitrogen and oxygen atoms in total. The van der Waals surface area contributed by atoms with Crippen LogP contribution in [0.5, 0.6) is 0 Å². The minimum atomic E-state index is 0.333. The van der Waals surface area contributed by atoms with Gasteiger partial charge in [-0.2, -0.15) is 0 Å². The highest BCUT2D eigenvalue weighted by Crippen LogP contribution is 2.25. The predicted octanol–water partition coefficient (Wildman–Crippen LogP) is 2.16. The topological polar surface area (TPSA) is 70.4 Å². The molecule has 0 spiro atoms. The molecule has 3 rings (SSSR count). The average Bonchev–Trinajstić information content (AvgIpc) is 3.31. The van der Waals surface area contributed by atoms with Crippen molar-refractivity contribution < 1.29 is 0 Å². The van der Waals surface area contributed by atoms with E-state index < -0.39 is 0 Å². The van der Waals surface area contributed by atoms with Crippen LogP contribution in [0.25, 0.3) is 0 Å². The first kappa shape index (κ1) is 18.5. The third kappa shape index (κ3) is 5.11. The Hall–Kier alpha value is -2.28. The number of pyridine rings is 1. The van der Waals surface area contributed by atoms with Gasteiger partial charge in [-0.25, -0.2) is 9.97 Å². The zero-order valence-electron chi connectivity index (χ0n) is 15.1. The van der Waals surface area contributed by atoms with Gasteiger partial charge < -0.3 is 20.1 Å². The number of halogens is 1. The summed E-state index contributed by atoms with van der Waals surface area (Å²) in [5.41, 5.74) is 0. The summed E-state index contributed by atoms with van der Waals surface area (Å²) in [4.78, 5) is 15.4. The SMILES string of the molecule is CCNC(=NCCCn1ccnc1)NC1CCN(c2ncccc2Cl)C1. The van der Waals surface area contributed by atoms with Crippen LogP contribution < -0.4 is 15.5 Å². The fourth-order valence-electron chi connectivity index (χ4n) is 3.06. The van der Waals surface area contributed by atoms with Gasteiger partial charge in [0.2, 0.25) is 0 Å². The van der Waals surface area contributed by atoms with E-state index in [-0.39, 0.29) is 0 Å². The van der Waals surface area contributed by atoms with Crippen LogP contribution in [0, 0.1) is 0 Å². The molecule has 0 bridgehead atoms.